The highest BCUT2D eigenvalue weighted by Crippen LogP contribution is 2.33. The second-order valence-corrected chi connectivity index (χ2v) is 6.64. The van der Waals surface area contributed by atoms with Crippen molar-refractivity contribution in [3.8, 4) is 0 Å². The fraction of sp³-hybridized carbons (Fsp3) is 0.647. The molecule has 0 aromatic heterocycles. The Morgan fingerprint density at radius 2 is 1.67 bits per heavy atom. The lowest BCUT2D eigenvalue weighted by molar-refractivity contribution is 0.452. The van der Waals surface area contributed by atoms with Gasteiger partial charge in [0, 0.05) is 6.04 Å². The Hall–Kier alpha value is -0.820. The van der Waals surface area contributed by atoms with E-state index in [9.17, 15) is 0 Å². The van der Waals surface area contributed by atoms with Gasteiger partial charge in [-0.2, -0.15) is 0 Å². The lowest BCUT2D eigenvalue weighted by atomic mass is 9.76. The van der Waals surface area contributed by atoms with Gasteiger partial charge in [0.2, 0.25) is 0 Å². The first-order valence-corrected chi connectivity index (χ1v) is 7.22. The van der Waals surface area contributed by atoms with Crippen LogP contribution in [0.15, 0.2) is 12.1 Å². The van der Waals surface area contributed by atoms with Crippen molar-refractivity contribution in [1.29, 1.82) is 0 Å². The summed E-state index contributed by atoms with van der Waals surface area (Å²) in [5.74, 6) is 0. The van der Waals surface area contributed by atoms with Gasteiger partial charge in [-0.05, 0) is 68.7 Å². The van der Waals surface area contributed by atoms with Crippen LogP contribution in [-0.4, -0.2) is 12.6 Å². The SMILES string of the molecule is Cc1cc(C)c(C(C)(C)CCNC2CC2)c(C)c1. The smallest absolute Gasteiger partial charge is 0.00682 e. The maximum absolute atomic E-state index is 3.63. The molecule has 1 fully saturated rings. The van der Waals surface area contributed by atoms with E-state index in [-0.39, 0.29) is 5.41 Å². The molecule has 1 N–H and O–H groups in total. The molecule has 0 amide bonds. The Bertz CT molecular complexity index is 404. The molecule has 0 spiro atoms. The lowest BCUT2D eigenvalue weighted by Crippen LogP contribution is -2.28. The van der Waals surface area contributed by atoms with Crippen molar-refractivity contribution in [1.82, 2.24) is 5.32 Å². The summed E-state index contributed by atoms with van der Waals surface area (Å²) in [4.78, 5) is 0. The third-order valence-electron chi connectivity index (χ3n) is 4.11. The lowest BCUT2D eigenvalue weighted by Gasteiger charge is -2.29. The van der Waals surface area contributed by atoms with Crippen LogP contribution in [-0.2, 0) is 5.41 Å². The van der Waals surface area contributed by atoms with Gasteiger partial charge in [-0.1, -0.05) is 31.5 Å². The summed E-state index contributed by atoms with van der Waals surface area (Å²) >= 11 is 0. The van der Waals surface area contributed by atoms with Crippen LogP contribution < -0.4 is 5.32 Å². The van der Waals surface area contributed by atoms with E-state index in [1.807, 2.05) is 0 Å². The van der Waals surface area contributed by atoms with Crippen LogP contribution in [0.5, 0.6) is 0 Å². The fourth-order valence-corrected chi connectivity index (χ4v) is 3.25. The minimum absolute atomic E-state index is 0.268. The second-order valence-electron chi connectivity index (χ2n) is 6.64. The summed E-state index contributed by atoms with van der Waals surface area (Å²) in [7, 11) is 0. The van der Waals surface area contributed by atoms with Gasteiger partial charge in [0.1, 0.15) is 0 Å². The Morgan fingerprint density at radius 3 is 2.17 bits per heavy atom. The predicted octanol–water partition coefficient (Wildman–Crippen LogP) is 4.03. The maximum Gasteiger partial charge on any atom is 0.00682 e. The Kier molecular flexibility index (Phi) is 3.82. The minimum Gasteiger partial charge on any atom is -0.314 e. The van der Waals surface area contributed by atoms with Crippen LogP contribution in [0.2, 0.25) is 0 Å². The number of nitrogens with one attached hydrogen (secondary N) is 1. The third kappa shape index (κ3) is 3.14. The van der Waals surface area contributed by atoms with Gasteiger partial charge in [0.05, 0.1) is 0 Å². The van der Waals surface area contributed by atoms with Crippen LogP contribution in [0.25, 0.3) is 0 Å². The van der Waals surface area contributed by atoms with E-state index in [1.54, 1.807) is 5.56 Å². The first kappa shape index (κ1) is 13.6. The molecule has 1 saturated carbocycles. The van der Waals surface area contributed by atoms with Crippen molar-refractivity contribution >= 4 is 0 Å². The highest BCUT2D eigenvalue weighted by molar-refractivity contribution is 5.42. The minimum atomic E-state index is 0.268. The van der Waals surface area contributed by atoms with Gasteiger partial charge in [-0.25, -0.2) is 0 Å². The zero-order valence-electron chi connectivity index (χ0n) is 12.6. The van der Waals surface area contributed by atoms with E-state index >= 15 is 0 Å². The number of benzene rings is 1. The van der Waals surface area contributed by atoms with E-state index in [0.717, 1.165) is 12.6 Å². The van der Waals surface area contributed by atoms with E-state index in [1.165, 1.54) is 36.0 Å². The zero-order valence-corrected chi connectivity index (χ0v) is 12.6. The topological polar surface area (TPSA) is 12.0 Å². The number of rotatable bonds is 5. The Labute approximate surface area is 112 Å². The summed E-state index contributed by atoms with van der Waals surface area (Å²) in [5, 5.41) is 3.63. The van der Waals surface area contributed by atoms with Gasteiger partial charge in [-0.3, -0.25) is 0 Å². The molecule has 0 radical (unpaired) electrons. The first-order valence-electron chi connectivity index (χ1n) is 7.22. The molecule has 0 saturated heterocycles. The fourth-order valence-electron chi connectivity index (χ4n) is 3.25. The molecule has 1 aliphatic carbocycles. The Balaban J connectivity index is 2.11. The molecular formula is C17H27N. The van der Waals surface area contributed by atoms with E-state index < -0.39 is 0 Å². The molecule has 18 heavy (non-hydrogen) atoms. The quantitative estimate of drug-likeness (QED) is 0.826. The van der Waals surface area contributed by atoms with Crippen molar-refractivity contribution < 1.29 is 0 Å². The molecule has 1 aromatic rings. The van der Waals surface area contributed by atoms with Gasteiger partial charge < -0.3 is 5.32 Å². The van der Waals surface area contributed by atoms with E-state index in [0.29, 0.717) is 0 Å². The number of hydrogen-bond donors (Lipinski definition) is 1. The molecule has 2 rings (SSSR count). The molecule has 0 atom stereocenters. The maximum atomic E-state index is 3.63. The first-order chi connectivity index (χ1) is 8.40. The predicted molar refractivity (Wildman–Crippen MR) is 79.3 cm³/mol. The van der Waals surface area contributed by atoms with Gasteiger partial charge in [-0.15, -0.1) is 0 Å². The number of hydrogen-bond acceptors (Lipinski definition) is 1. The summed E-state index contributed by atoms with van der Waals surface area (Å²) < 4.78 is 0. The van der Waals surface area contributed by atoms with Gasteiger partial charge in [0.25, 0.3) is 0 Å². The van der Waals surface area contributed by atoms with Gasteiger partial charge in [0.15, 0.2) is 0 Å². The Morgan fingerprint density at radius 1 is 1.11 bits per heavy atom. The highest BCUT2D eigenvalue weighted by Gasteiger charge is 2.26. The standard InChI is InChI=1S/C17H27N/c1-12-10-13(2)16(14(3)11-12)17(4,5)8-9-18-15-6-7-15/h10-11,15,18H,6-9H2,1-5H3. The summed E-state index contributed by atoms with van der Waals surface area (Å²) in [5.41, 5.74) is 6.09. The molecule has 1 nitrogen and oxygen atoms in total. The van der Waals surface area contributed by atoms with E-state index in [2.05, 4.69) is 52.1 Å². The van der Waals surface area contributed by atoms with E-state index in [4.69, 9.17) is 0 Å². The summed E-state index contributed by atoms with van der Waals surface area (Å²) in [6.07, 6.45) is 3.97. The average molecular weight is 245 g/mol. The largest absolute Gasteiger partial charge is 0.314 e. The summed E-state index contributed by atoms with van der Waals surface area (Å²) in [6, 6.07) is 5.46. The van der Waals surface area contributed by atoms with Crippen molar-refractivity contribution in [3.63, 3.8) is 0 Å². The molecular weight excluding hydrogens is 218 g/mol. The van der Waals surface area contributed by atoms with Crippen molar-refractivity contribution in [2.45, 2.75) is 65.3 Å². The molecule has 100 valence electrons. The van der Waals surface area contributed by atoms with Crippen molar-refractivity contribution in [3.05, 3.63) is 34.4 Å². The number of aryl methyl sites for hydroxylation is 3. The monoisotopic (exact) mass is 245 g/mol. The molecule has 1 aliphatic rings. The van der Waals surface area contributed by atoms with Crippen molar-refractivity contribution in [2.24, 2.45) is 0 Å². The third-order valence-corrected chi connectivity index (χ3v) is 4.11. The summed E-state index contributed by atoms with van der Waals surface area (Å²) in [6.45, 7) is 12.6. The molecule has 0 bridgehead atoms. The van der Waals surface area contributed by atoms with Crippen LogP contribution in [0.1, 0.15) is 55.4 Å². The normalized spacial score (nSPS) is 16.1. The molecule has 1 heteroatoms. The molecule has 0 aliphatic heterocycles. The van der Waals surface area contributed by atoms with Crippen LogP contribution >= 0.6 is 0 Å². The molecule has 0 unspecified atom stereocenters. The van der Waals surface area contributed by atoms with Gasteiger partial charge >= 0.3 is 0 Å². The van der Waals surface area contributed by atoms with Crippen LogP contribution in [0.4, 0.5) is 0 Å². The molecule has 0 heterocycles. The average Bonchev–Trinajstić information content (AvgIpc) is 2.98. The zero-order chi connectivity index (χ0) is 13.3. The highest BCUT2D eigenvalue weighted by atomic mass is 14.9. The van der Waals surface area contributed by atoms with Crippen molar-refractivity contribution in [2.75, 3.05) is 6.54 Å². The molecule has 1 aromatic carbocycles. The van der Waals surface area contributed by atoms with Crippen LogP contribution in [0.3, 0.4) is 0 Å². The second kappa shape index (κ2) is 5.05. The van der Waals surface area contributed by atoms with Crippen LogP contribution in [0, 0.1) is 20.8 Å².